The van der Waals surface area contributed by atoms with Gasteiger partial charge < -0.3 is 0 Å². The number of carbonyl (C=O) groups is 2. The number of benzene rings is 1. The largest absolute Gasteiger partial charge is 0.315 e. The van der Waals surface area contributed by atoms with Crippen molar-refractivity contribution in [2.24, 2.45) is 5.41 Å². The second kappa shape index (κ2) is 6.63. The van der Waals surface area contributed by atoms with Crippen molar-refractivity contribution in [3.05, 3.63) is 41.7 Å². The Morgan fingerprint density at radius 3 is 2.21 bits per heavy atom. The number of hydrogen-bond acceptors (Lipinski definition) is 4. The molecule has 0 atom stereocenters. The number of tetrazole rings is 1. The van der Waals surface area contributed by atoms with Crippen molar-refractivity contribution in [1.29, 1.82) is 0 Å². The third-order valence-corrected chi connectivity index (χ3v) is 4.06. The fourth-order valence-electron chi connectivity index (χ4n) is 2.11. The summed E-state index contributed by atoms with van der Waals surface area (Å²) in [6.45, 7) is 9.17. The van der Waals surface area contributed by atoms with Gasteiger partial charge in [0, 0.05) is 11.8 Å². The minimum Gasteiger partial charge on any atom is -0.299 e. The van der Waals surface area contributed by atoms with Gasteiger partial charge in [-0.3, -0.25) is 9.59 Å². The van der Waals surface area contributed by atoms with Crippen molar-refractivity contribution in [3.63, 3.8) is 0 Å². The van der Waals surface area contributed by atoms with Gasteiger partial charge in [-0.15, -0.1) is 0 Å². The van der Waals surface area contributed by atoms with Crippen LogP contribution in [-0.4, -0.2) is 27.0 Å². The van der Waals surface area contributed by atoms with E-state index in [0.29, 0.717) is 12.2 Å². The Bertz CT molecular complexity index is 727. The van der Waals surface area contributed by atoms with E-state index in [9.17, 15) is 9.59 Å². The number of aromatic nitrogens is 4. The first-order chi connectivity index (χ1) is 11.1. The van der Waals surface area contributed by atoms with Gasteiger partial charge in [-0.25, -0.2) is 0 Å². The maximum Gasteiger partial charge on any atom is 0.315 e. The van der Waals surface area contributed by atoms with Crippen LogP contribution in [0.25, 0.3) is 0 Å². The quantitative estimate of drug-likeness (QED) is 0.820. The van der Waals surface area contributed by atoms with E-state index in [2.05, 4.69) is 15.4 Å². The summed E-state index contributed by atoms with van der Waals surface area (Å²) in [5.74, 6) is 0.473. The third kappa shape index (κ3) is 4.13. The highest BCUT2D eigenvalue weighted by Gasteiger charge is 2.38. The summed E-state index contributed by atoms with van der Waals surface area (Å²) in [5, 5.41) is 11.1. The monoisotopic (exact) mass is 329 g/mol. The minimum absolute atomic E-state index is 0.0172. The standard InChI is InChI=1S/C18H24N4O2/c1-17(2,3)14(23)12-16-19-21-22(20-16)18(4,5)15(24)11-13-9-7-6-8-10-13/h6-10H,11-12H2,1-5H3/p+1. The highest BCUT2D eigenvalue weighted by atomic mass is 16.1. The lowest BCUT2D eigenvalue weighted by Gasteiger charge is -2.16. The van der Waals surface area contributed by atoms with Crippen molar-refractivity contribution in [2.45, 2.75) is 53.0 Å². The molecule has 2 aromatic rings. The van der Waals surface area contributed by atoms with Crippen LogP contribution in [0.4, 0.5) is 0 Å². The molecule has 1 heterocycles. The molecule has 0 unspecified atom stereocenters. The normalized spacial score (nSPS) is 12.2. The maximum atomic E-state index is 12.6. The molecule has 0 amide bonds. The van der Waals surface area contributed by atoms with Gasteiger partial charge >= 0.3 is 5.82 Å². The Kier molecular flexibility index (Phi) is 4.96. The van der Waals surface area contributed by atoms with Crippen molar-refractivity contribution in [3.8, 4) is 0 Å². The fraction of sp³-hybridized carbons (Fsp3) is 0.500. The molecule has 0 saturated heterocycles. The SMILES string of the molecule is CC(C)(C)C(=O)Cc1n[nH][n+](C(C)(C)C(=O)Cc2ccccc2)n1. The molecule has 2 rings (SSSR count). The van der Waals surface area contributed by atoms with E-state index in [1.807, 2.05) is 51.1 Å². The molecule has 128 valence electrons. The van der Waals surface area contributed by atoms with Gasteiger partial charge in [-0.2, -0.15) is 0 Å². The average Bonchev–Trinajstić information content (AvgIpc) is 2.96. The summed E-state index contributed by atoms with van der Waals surface area (Å²) in [7, 11) is 0. The zero-order chi connectivity index (χ0) is 18.0. The number of Topliss-reactive ketones (excluding diaryl/α,β-unsaturated/α-hetero) is 2. The number of rotatable bonds is 6. The van der Waals surface area contributed by atoms with Gasteiger partial charge in [0.15, 0.2) is 5.78 Å². The lowest BCUT2D eigenvalue weighted by Crippen LogP contribution is -2.61. The molecule has 0 aliphatic carbocycles. The van der Waals surface area contributed by atoms with Crippen LogP contribution in [0.3, 0.4) is 0 Å². The van der Waals surface area contributed by atoms with Crippen molar-refractivity contribution >= 4 is 11.6 Å². The number of nitrogens with zero attached hydrogens (tertiary/aromatic N) is 3. The third-order valence-electron chi connectivity index (χ3n) is 4.06. The molecule has 1 aromatic carbocycles. The smallest absolute Gasteiger partial charge is 0.299 e. The van der Waals surface area contributed by atoms with E-state index < -0.39 is 11.0 Å². The number of nitrogens with one attached hydrogen (secondary N) is 1. The van der Waals surface area contributed by atoms with E-state index in [4.69, 9.17) is 0 Å². The molecule has 0 bridgehead atoms. The first-order valence-corrected chi connectivity index (χ1v) is 8.05. The van der Waals surface area contributed by atoms with Crippen LogP contribution < -0.4 is 4.80 Å². The average molecular weight is 329 g/mol. The first-order valence-electron chi connectivity index (χ1n) is 8.05. The van der Waals surface area contributed by atoms with Crippen LogP contribution in [0.2, 0.25) is 0 Å². The molecule has 0 aliphatic heterocycles. The van der Waals surface area contributed by atoms with Gasteiger partial charge in [-0.1, -0.05) is 51.1 Å². The molecule has 0 saturated carbocycles. The molecule has 0 spiro atoms. The summed E-state index contributed by atoms with van der Waals surface area (Å²) >= 11 is 0. The van der Waals surface area contributed by atoms with Gasteiger partial charge in [0.1, 0.15) is 5.78 Å². The van der Waals surface area contributed by atoms with Gasteiger partial charge in [0.25, 0.3) is 0 Å². The molecule has 1 aromatic heterocycles. The Balaban J connectivity index is 2.12. The summed E-state index contributed by atoms with van der Waals surface area (Å²) in [4.78, 5) is 26.2. The maximum absolute atomic E-state index is 12.6. The summed E-state index contributed by atoms with van der Waals surface area (Å²) < 4.78 is 0. The van der Waals surface area contributed by atoms with Crippen molar-refractivity contribution < 1.29 is 14.4 Å². The van der Waals surface area contributed by atoms with Crippen LogP contribution in [0.5, 0.6) is 0 Å². The van der Waals surface area contributed by atoms with Crippen molar-refractivity contribution in [2.75, 3.05) is 0 Å². The molecule has 1 N–H and O–H groups in total. The predicted molar refractivity (Wildman–Crippen MR) is 89.2 cm³/mol. The first kappa shape index (κ1) is 18.0. The van der Waals surface area contributed by atoms with Gasteiger partial charge in [-0.05, 0) is 34.5 Å². The molecular weight excluding hydrogens is 304 g/mol. The van der Waals surface area contributed by atoms with E-state index in [-0.39, 0.29) is 18.0 Å². The number of carbonyl (C=O) groups excluding carboxylic acids is 2. The van der Waals surface area contributed by atoms with E-state index in [1.54, 1.807) is 13.8 Å². The molecule has 0 aliphatic rings. The summed E-state index contributed by atoms with van der Waals surface area (Å²) in [6.07, 6.45) is 0.466. The molecule has 0 radical (unpaired) electrons. The Hall–Kier alpha value is -2.37. The Morgan fingerprint density at radius 1 is 1.00 bits per heavy atom. The molecule has 0 fully saturated rings. The fourth-order valence-corrected chi connectivity index (χ4v) is 2.11. The van der Waals surface area contributed by atoms with Gasteiger partial charge in [0.2, 0.25) is 5.54 Å². The van der Waals surface area contributed by atoms with E-state index in [1.165, 1.54) is 4.80 Å². The molecule has 6 heteroatoms. The van der Waals surface area contributed by atoms with Crippen LogP contribution in [0.1, 0.15) is 46.0 Å². The molecule has 6 nitrogen and oxygen atoms in total. The Morgan fingerprint density at radius 2 is 1.62 bits per heavy atom. The van der Waals surface area contributed by atoms with Crippen molar-refractivity contribution in [1.82, 2.24) is 15.4 Å². The highest BCUT2D eigenvalue weighted by Crippen LogP contribution is 2.16. The number of hydrogen-bond donors (Lipinski definition) is 1. The Labute approximate surface area is 142 Å². The van der Waals surface area contributed by atoms with Crippen LogP contribution in [0.15, 0.2) is 30.3 Å². The highest BCUT2D eigenvalue weighted by molar-refractivity contribution is 5.86. The number of ketones is 2. The van der Waals surface area contributed by atoms with E-state index in [0.717, 1.165) is 5.56 Å². The summed E-state index contributed by atoms with van der Waals surface area (Å²) in [5.41, 5.74) is -0.352. The second-order valence-corrected chi connectivity index (χ2v) is 7.53. The number of aromatic amines is 1. The van der Waals surface area contributed by atoms with Gasteiger partial charge in [0.05, 0.1) is 11.5 Å². The minimum atomic E-state index is -0.869. The van der Waals surface area contributed by atoms with Crippen LogP contribution in [-0.2, 0) is 28.0 Å². The number of H-pyrrole nitrogens is 1. The lowest BCUT2D eigenvalue weighted by molar-refractivity contribution is -0.843. The topological polar surface area (TPSA) is 79.6 Å². The summed E-state index contributed by atoms with van der Waals surface area (Å²) in [6, 6.07) is 9.59. The molecular formula is C18H25N4O2+. The molecule has 24 heavy (non-hydrogen) atoms. The predicted octanol–water partition coefficient (Wildman–Crippen LogP) is 1.80. The zero-order valence-electron chi connectivity index (χ0n) is 15.0. The zero-order valence-corrected chi connectivity index (χ0v) is 15.0. The van der Waals surface area contributed by atoms with E-state index >= 15 is 0 Å². The second-order valence-electron chi connectivity index (χ2n) is 7.53. The van der Waals surface area contributed by atoms with Crippen LogP contribution in [0, 0.1) is 5.41 Å². The van der Waals surface area contributed by atoms with Crippen LogP contribution >= 0.6 is 0 Å². The lowest BCUT2D eigenvalue weighted by atomic mass is 9.89.